The van der Waals surface area contributed by atoms with Crippen molar-refractivity contribution in [2.45, 2.75) is 38.2 Å². The van der Waals surface area contributed by atoms with E-state index in [0.29, 0.717) is 31.6 Å². The van der Waals surface area contributed by atoms with Crippen molar-refractivity contribution in [1.82, 2.24) is 10.1 Å². The molecule has 1 saturated carbocycles. The van der Waals surface area contributed by atoms with Crippen molar-refractivity contribution < 1.29 is 14.0 Å². The first-order valence-electron chi connectivity index (χ1n) is 6.52. The summed E-state index contributed by atoms with van der Waals surface area (Å²) in [4.78, 5) is 4.39. The molecule has 0 saturated heterocycles. The minimum absolute atomic E-state index is 0.334. The van der Waals surface area contributed by atoms with E-state index in [4.69, 9.17) is 14.0 Å². The van der Waals surface area contributed by atoms with E-state index in [-0.39, 0.29) is 5.60 Å². The van der Waals surface area contributed by atoms with Crippen LogP contribution >= 0.6 is 0 Å². The summed E-state index contributed by atoms with van der Waals surface area (Å²) in [6.07, 6.45) is 4.25. The van der Waals surface area contributed by atoms with Crippen molar-refractivity contribution in [1.29, 1.82) is 0 Å². The van der Waals surface area contributed by atoms with Gasteiger partial charge in [-0.05, 0) is 32.6 Å². The third-order valence-electron chi connectivity index (χ3n) is 3.25. The van der Waals surface area contributed by atoms with E-state index in [0.717, 1.165) is 25.7 Å². The van der Waals surface area contributed by atoms with Crippen LogP contribution in [0, 0.1) is 0 Å². The highest BCUT2D eigenvalue weighted by molar-refractivity contribution is 5.20. The molecule has 1 aromatic heterocycles. The van der Waals surface area contributed by atoms with Crippen LogP contribution in [0.25, 0.3) is 0 Å². The fourth-order valence-electron chi connectivity index (χ4n) is 2.40. The second-order valence-electron chi connectivity index (χ2n) is 4.48. The summed E-state index contributed by atoms with van der Waals surface area (Å²) in [6, 6.07) is 0.438. The quantitative estimate of drug-likeness (QED) is 0.751. The van der Waals surface area contributed by atoms with Gasteiger partial charge in [-0.1, -0.05) is 5.16 Å². The van der Waals surface area contributed by atoms with E-state index in [9.17, 15) is 0 Å². The Kier molecular flexibility index (Phi) is 4.54. The first-order valence-corrected chi connectivity index (χ1v) is 6.52. The van der Waals surface area contributed by atoms with E-state index in [1.165, 1.54) is 0 Å². The zero-order valence-electron chi connectivity index (χ0n) is 11.1. The summed E-state index contributed by atoms with van der Waals surface area (Å²) in [5.41, 5.74) is -0.334. The van der Waals surface area contributed by atoms with Crippen molar-refractivity contribution in [2.75, 3.05) is 32.2 Å². The zero-order chi connectivity index (χ0) is 12.8. The van der Waals surface area contributed by atoms with Crippen LogP contribution in [-0.4, -0.2) is 37.0 Å². The highest BCUT2D eigenvalue weighted by atomic mass is 16.5. The topological polar surface area (TPSA) is 69.4 Å². The molecule has 6 nitrogen and oxygen atoms in total. The van der Waals surface area contributed by atoms with Crippen LogP contribution in [0.3, 0.4) is 0 Å². The van der Waals surface area contributed by atoms with Gasteiger partial charge in [-0.2, -0.15) is 4.98 Å². The molecule has 1 N–H and O–H groups in total. The molecule has 0 aliphatic heterocycles. The van der Waals surface area contributed by atoms with Crippen molar-refractivity contribution in [3.05, 3.63) is 5.82 Å². The number of nitrogens with zero attached hydrogens (tertiary/aromatic N) is 2. The number of hydrogen-bond donors (Lipinski definition) is 1. The highest BCUT2D eigenvalue weighted by Gasteiger charge is 2.40. The summed E-state index contributed by atoms with van der Waals surface area (Å²) in [5, 5.41) is 7.08. The molecule has 2 rings (SSSR count). The van der Waals surface area contributed by atoms with Crippen molar-refractivity contribution in [2.24, 2.45) is 0 Å². The van der Waals surface area contributed by atoms with Crippen LogP contribution in [-0.2, 0) is 15.1 Å². The van der Waals surface area contributed by atoms with Gasteiger partial charge in [-0.3, -0.25) is 0 Å². The lowest BCUT2D eigenvalue weighted by Crippen LogP contribution is -2.27. The van der Waals surface area contributed by atoms with Gasteiger partial charge in [0.2, 0.25) is 5.82 Å². The molecule has 0 unspecified atom stereocenters. The van der Waals surface area contributed by atoms with Gasteiger partial charge in [-0.15, -0.1) is 0 Å². The van der Waals surface area contributed by atoms with E-state index in [1.54, 1.807) is 7.11 Å². The van der Waals surface area contributed by atoms with Crippen LogP contribution in [0.1, 0.15) is 38.4 Å². The Morgan fingerprint density at radius 2 is 2.17 bits per heavy atom. The SMILES string of the molecule is CCOC1(c2noc(NCCOC)n2)CCCC1. The maximum atomic E-state index is 5.88. The molecular formula is C12H21N3O3. The molecule has 0 atom stereocenters. The van der Waals surface area contributed by atoms with Crippen LogP contribution in [0.15, 0.2) is 4.52 Å². The first-order chi connectivity index (χ1) is 8.80. The maximum Gasteiger partial charge on any atom is 0.321 e. The number of aromatic nitrogens is 2. The number of methoxy groups -OCH3 is 1. The van der Waals surface area contributed by atoms with Gasteiger partial charge in [0, 0.05) is 20.3 Å². The van der Waals surface area contributed by atoms with Crippen LogP contribution in [0.4, 0.5) is 6.01 Å². The normalized spacial score (nSPS) is 18.1. The van der Waals surface area contributed by atoms with Gasteiger partial charge in [0.15, 0.2) is 0 Å². The van der Waals surface area contributed by atoms with Crippen molar-refractivity contribution >= 4 is 6.01 Å². The molecule has 0 amide bonds. The molecule has 102 valence electrons. The molecule has 1 aromatic rings. The Morgan fingerprint density at radius 1 is 1.39 bits per heavy atom. The van der Waals surface area contributed by atoms with Crippen LogP contribution in [0.2, 0.25) is 0 Å². The van der Waals surface area contributed by atoms with E-state index in [1.807, 2.05) is 6.92 Å². The molecule has 18 heavy (non-hydrogen) atoms. The number of nitrogens with one attached hydrogen (secondary N) is 1. The zero-order valence-corrected chi connectivity index (χ0v) is 11.1. The third-order valence-corrected chi connectivity index (χ3v) is 3.25. The predicted octanol–water partition coefficient (Wildman–Crippen LogP) is 1.93. The number of rotatable bonds is 7. The maximum absolute atomic E-state index is 5.88. The minimum Gasteiger partial charge on any atom is -0.383 e. The molecular weight excluding hydrogens is 234 g/mol. The van der Waals surface area contributed by atoms with E-state index in [2.05, 4.69) is 15.5 Å². The van der Waals surface area contributed by atoms with Crippen LogP contribution < -0.4 is 5.32 Å². The lowest BCUT2D eigenvalue weighted by Gasteiger charge is -2.24. The fraction of sp³-hybridized carbons (Fsp3) is 0.833. The number of anilines is 1. The number of hydrogen-bond acceptors (Lipinski definition) is 6. The third kappa shape index (κ3) is 2.81. The summed E-state index contributed by atoms with van der Waals surface area (Å²) < 4.78 is 16.0. The van der Waals surface area contributed by atoms with Crippen molar-refractivity contribution in [3.63, 3.8) is 0 Å². The molecule has 0 aromatic carbocycles. The second kappa shape index (κ2) is 6.15. The van der Waals surface area contributed by atoms with Crippen LogP contribution in [0.5, 0.6) is 0 Å². The molecule has 0 bridgehead atoms. The average molecular weight is 255 g/mol. The molecule has 1 heterocycles. The Hall–Kier alpha value is -1.14. The molecule has 1 aliphatic rings. The molecule has 0 radical (unpaired) electrons. The highest BCUT2D eigenvalue weighted by Crippen LogP contribution is 2.40. The number of ether oxygens (including phenoxy) is 2. The molecule has 6 heteroatoms. The van der Waals surface area contributed by atoms with Gasteiger partial charge >= 0.3 is 6.01 Å². The fourth-order valence-corrected chi connectivity index (χ4v) is 2.40. The summed E-state index contributed by atoms with van der Waals surface area (Å²) in [7, 11) is 1.66. The largest absolute Gasteiger partial charge is 0.383 e. The van der Waals surface area contributed by atoms with Crippen molar-refractivity contribution in [3.8, 4) is 0 Å². The molecule has 1 fully saturated rings. The molecule has 0 spiro atoms. The van der Waals surface area contributed by atoms with Gasteiger partial charge in [-0.25, -0.2) is 0 Å². The van der Waals surface area contributed by atoms with E-state index < -0.39 is 0 Å². The standard InChI is InChI=1S/C12H21N3O3/c1-3-17-12(6-4-5-7-12)10-14-11(18-15-10)13-8-9-16-2/h3-9H2,1-2H3,(H,13,14,15). The second-order valence-corrected chi connectivity index (χ2v) is 4.48. The van der Waals surface area contributed by atoms with Gasteiger partial charge < -0.3 is 19.3 Å². The smallest absolute Gasteiger partial charge is 0.321 e. The summed E-state index contributed by atoms with van der Waals surface area (Å²) in [6.45, 7) is 3.92. The lowest BCUT2D eigenvalue weighted by molar-refractivity contribution is -0.0469. The van der Waals surface area contributed by atoms with E-state index >= 15 is 0 Å². The monoisotopic (exact) mass is 255 g/mol. The Bertz CT molecular complexity index is 361. The minimum atomic E-state index is -0.334. The van der Waals surface area contributed by atoms with Gasteiger partial charge in [0.1, 0.15) is 5.60 Å². The average Bonchev–Trinajstić information content (AvgIpc) is 2.99. The lowest BCUT2D eigenvalue weighted by atomic mass is 10.0. The first kappa shape index (κ1) is 13.3. The molecule has 1 aliphatic carbocycles. The Balaban J connectivity index is 2.02. The Morgan fingerprint density at radius 3 is 2.83 bits per heavy atom. The predicted molar refractivity (Wildman–Crippen MR) is 66.4 cm³/mol. The van der Waals surface area contributed by atoms with Gasteiger partial charge in [0.05, 0.1) is 6.61 Å². The van der Waals surface area contributed by atoms with Gasteiger partial charge in [0.25, 0.3) is 0 Å². The Labute approximate surface area is 107 Å². The summed E-state index contributed by atoms with van der Waals surface area (Å²) >= 11 is 0. The summed E-state index contributed by atoms with van der Waals surface area (Å²) in [5.74, 6) is 0.668.